The molecule has 1 saturated heterocycles. The lowest BCUT2D eigenvalue weighted by Crippen LogP contribution is -2.30. The van der Waals surface area contributed by atoms with Crippen molar-refractivity contribution in [3.63, 3.8) is 0 Å². The van der Waals surface area contributed by atoms with Gasteiger partial charge in [0.15, 0.2) is 5.82 Å². The molecular weight excluding hydrogens is 405 g/mol. The molecule has 1 aliphatic heterocycles. The maximum Gasteiger partial charge on any atom is 0.323 e. The summed E-state index contributed by atoms with van der Waals surface area (Å²) in [7, 11) is 0. The topological polar surface area (TPSA) is 70.2 Å². The zero-order chi connectivity index (χ0) is 20.9. The van der Waals surface area contributed by atoms with E-state index in [2.05, 4.69) is 25.7 Å². The lowest BCUT2D eigenvalue weighted by molar-refractivity contribution is 0.262. The summed E-state index contributed by atoms with van der Waals surface area (Å²) in [5.41, 5.74) is 2.14. The van der Waals surface area contributed by atoms with Gasteiger partial charge in [0, 0.05) is 24.3 Å². The first kappa shape index (κ1) is 20.1. The zero-order valence-corrected chi connectivity index (χ0v) is 17.0. The number of urea groups is 1. The summed E-state index contributed by atoms with van der Waals surface area (Å²) in [6.07, 6.45) is 3.65. The maximum absolute atomic E-state index is 13.8. The Morgan fingerprint density at radius 1 is 0.933 bits per heavy atom. The molecule has 6 nitrogen and oxygen atoms in total. The van der Waals surface area contributed by atoms with E-state index in [4.69, 9.17) is 11.6 Å². The number of hydrogen-bond donors (Lipinski definition) is 2. The SMILES string of the molecule is O=C(Nc1ccc(-c2ccc(N3CCCCC3)nn2)cc1)Nc1c(F)cccc1Cl. The second-order valence-corrected chi connectivity index (χ2v) is 7.48. The number of carbonyl (C=O) groups excluding carboxylic acids is 1. The van der Waals surface area contributed by atoms with Crippen LogP contribution in [-0.4, -0.2) is 29.3 Å². The second kappa shape index (κ2) is 9.09. The third-order valence-electron chi connectivity index (χ3n) is 4.97. The number of nitrogens with one attached hydrogen (secondary N) is 2. The van der Waals surface area contributed by atoms with Crippen LogP contribution in [0.15, 0.2) is 54.6 Å². The van der Waals surface area contributed by atoms with Gasteiger partial charge in [-0.05, 0) is 55.7 Å². The molecule has 0 aliphatic carbocycles. The first-order chi connectivity index (χ1) is 14.6. The van der Waals surface area contributed by atoms with Crippen LogP contribution >= 0.6 is 11.6 Å². The fourth-order valence-electron chi connectivity index (χ4n) is 3.39. The van der Waals surface area contributed by atoms with Crippen molar-refractivity contribution < 1.29 is 9.18 Å². The van der Waals surface area contributed by atoms with Crippen molar-refractivity contribution in [2.75, 3.05) is 28.6 Å². The first-order valence-corrected chi connectivity index (χ1v) is 10.2. The molecule has 2 aromatic carbocycles. The number of halogens is 2. The molecule has 1 aliphatic rings. The maximum atomic E-state index is 13.8. The molecule has 0 spiro atoms. The fourth-order valence-corrected chi connectivity index (χ4v) is 3.60. The minimum atomic E-state index is -0.598. The number of anilines is 3. The number of piperidine rings is 1. The van der Waals surface area contributed by atoms with Gasteiger partial charge in [0.2, 0.25) is 0 Å². The fraction of sp³-hybridized carbons (Fsp3) is 0.227. The molecule has 2 heterocycles. The van der Waals surface area contributed by atoms with E-state index in [1.807, 2.05) is 24.3 Å². The van der Waals surface area contributed by atoms with Gasteiger partial charge in [0.05, 0.1) is 16.4 Å². The molecule has 4 rings (SSSR count). The molecule has 1 fully saturated rings. The Balaban J connectivity index is 1.39. The average Bonchev–Trinajstić information content (AvgIpc) is 2.78. The van der Waals surface area contributed by atoms with Crippen LogP contribution in [-0.2, 0) is 0 Å². The normalized spacial score (nSPS) is 13.7. The van der Waals surface area contributed by atoms with E-state index < -0.39 is 11.8 Å². The van der Waals surface area contributed by atoms with Crippen LogP contribution < -0.4 is 15.5 Å². The minimum absolute atomic E-state index is 0.0580. The van der Waals surface area contributed by atoms with Crippen LogP contribution in [0.4, 0.5) is 26.4 Å². The number of benzene rings is 2. The lowest BCUT2D eigenvalue weighted by atomic mass is 10.1. The third-order valence-corrected chi connectivity index (χ3v) is 5.29. The van der Waals surface area contributed by atoms with Crippen molar-refractivity contribution in [1.29, 1.82) is 0 Å². The van der Waals surface area contributed by atoms with E-state index in [-0.39, 0.29) is 10.7 Å². The molecule has 0 atom stereocenters. The largest absolute Gasteiger partial charge is 0.355 e. The van der Waals surface area contributed by atoms with Gasteiger partial charge >= 0.3 is 6.03 Å². The van der Waals surface area contributed by atoms with Crippen molar-refractivity contribution >= 4 is 34.8 Å². The highest BCUT2D eigenvalue weighted by Crippen LogP contribution is 2.25. The van der Waals surface area contributed by atoms with Gasteiger partial charge in [-0.25, -0.2) is 9.18 Å². The Bertz CT molecular complexity index is 1000. The Labute approximate surface area is 179 Å². The molecule has 0 saturated carbocycles. The van der Waals surface area contributed by atoms with E-state index in [1.54, 1.807) is 12.1 Å². The molecule has 2 amide bonds. The number of aromatic nitrogens is 2. The predicted octanol–water partition coefficient (Wildman–Crippen LogP) is 5.57. The van der Waals surface area contributed by atoms with Gasteiger partial charge < -0.3 is 15.5 Å². The molecule has 3 aromatic rings. The number of para-hydroxylation sites is 1. The number of rotatable bonds is 4. The van der Waals surface area contributed by atoms with E-state index in [0.717, 1.165) is 30.2 Å². The molecule has 0 bridgehead atoms. The Morgan fingerprint density at radius 2 is 1.70 bits per heavy atom. The highest BCUT2D eigenvalue weighted by Gasteiger charge is 2.13. The predicted molar refractivity (Wildman–Crippen MR) is 118 cm³/mol. The molecule has 2 N–H and O–H groups in total. The van der Waals surface area contributed by atoms with Crippen molar-refractivity contribution in [3.8, 4) is 11.3 Å². The minimum Gasteiger partial charge on any atom is -0.355 e. The van der Waals surface area contributed by atoms with Crippen LogP contribution in [0, 0.1) is 5.82 Å². The molecule has 1 aromatic heterocycles. The summed E-state index contributed by atoms with van der Waals surface area (Å²) >= 11 is 5.93. The van der Waals surface area contributed by atoms with Gasteiger partial charge in [-0.3, -0.25) is 0 Å². The highest BCUT2D eigenvalue weighted by atomic mass is 35.5. The van der Waals surface area contributed by atoms with Gasteiger partial charge in [-0.1, -0.05) is 29.8 Å². The number of amides is 2. The molecule has 154 valence electrons. The lowest BCUT2D eigenvalue weighted by Gasteiger charge is -2.27. The van der Waals surface area contributed by atoms with Gasteiger partial charge in [0.25, 0.3) is 0 Å². The molecule has 0 unspecified atom stereocenters. The van der Waals surface area contributed by atoms with Crippen molar-refractivity contribution in [3.05, 3.63) is 65.4 Å². The van der Waals surface area contributed by atoms with Gasteiger partial charge in [-0.2, -0.15) is 0 Å². The Kier molecular flexibility index (Phi) is 6.09. The van der Waals surface area contributed by atoms with Crippen molar-refractivity contribution in [1.82, 2.24) is 10.2 Å². The molecule has 30 heavy (non-hydrogen) atoms. The highest BCUT2D eigenvalue weighted by molar-refractivity contribution is 6.33. The average molecular weight is 426 g/mol. The van der Waals surface area contributed by atoms with Crippen LogP contribution in [0.1, 0.15) is 19.3 Å². The summed E-state index contributed by atoms with van der Waals surface area (Å²) in [5.74, 6) is 0.305. The molecular formula is C22H21ClFN5O. The zero-order valence-electron chi connectivity index (χ0n) is 16.2. The van der Waals surface area contributed by atoms with E-state index in [1.165, 1.54) is 37.5 Å². The van der Waals surface area contributed by atoms with Gasteiger partial charge in [-0.15, -0.1) is 10.2 Å². The second-order valence-electron chi connectivity index (χ2n) is 7.08. The molecule has 0 radical (unpaired) electrons. The monoisotopic (exact) mass is 425 g/mol. The van der Waals surface area contributed by atoms with Crippen LogP contribution in [0.5, 0.6) is 0 Å². The van der Waals surface area contributed by atoms with Crippen LogP contribution in [0.3, 0.4) is 0 Å². The van der Waals surface area contributed by atoms with Gasteiger partial charge in [0.1, 0.15) is 5.82 Å². The summed E-state index contributed by atoms with van der Waals surface area (Å²) in [4.78, 5) is 14.4. The number of hydrogen-bond acceptors (Lipinski definition) is 4. The van der Waals surface area contributed by atoms with Crippen LogP contribution in [0.25, 0.3) is 11.3 Å². The smallest absolute Gasteiger partial charge is 0.323 e. The summed E-state index contributed by atoms with van der Waals surface area (Å²) < 4.78 is 13.8. The quantitative estimate of drug-likeness (QED) is 0.573. The Morgan fingerprint density at radius 3 is 2.37 bits per heavy atom. The summed E-state index contributed by atoms with van der Waals surface area (Å²) in [5, 5.41) is 13.9. The first-order valence-electron chi connectivity index (χ1n) is 9.81. The van der Waals surface area contributed by atoms with Crippen molar-refractivity contribution in [2.45, 2.75) is 19.3 Å². The number of carbonyl (C=O) groups is 1. The summed E-state index contributed by atoms with van der Waals surface area (Å²) in [6, 6.07) is 14.8. The standard InChI is InChI=1S/C22H21ClFN5O/c23-17-5-4-6-18(24)21(17)26-22(30)25-16-9-7-15(8-10-16)19-11-12-20(28-27-19)29-13-2-1-3-14-29/h4-12H,1-3,13-14H2,(H2,25,26,30). The van der Waals surface area contributed by atoms with E-state index in [9.17, 15) is 9.18 Å². The summed E-state index contributed by atoms with van der Waals surface area (Å²) in [6.45, 7) is 2.04. The third kappa shape index (κ3) is 4.68. The molecule has 8 heteroatoms. The Hall–Kier alpha value is -3.19. The number of nitrogens with zero attached hydrogens (tertiary/aromatic N) is 3. The van der Waals surface area contributed by atoms with E-state index >= 15 is 0 Å². The van der Waals surface area contributed by atoms with Crippen molar-refractivity contribution in [2.24, 2.45) is 0 Å². The van der Waals surface area contributed by atoms with E-state index in [0.29, 0.717) is 5.69 Å². The van der Waals surface area contributed by atoms with Crippen LogP contribution in [0.2, 0.25) is 5.02 Å².